The van der Waals surface area contributed by atoms with Gasteiger partial charge in [-0.1, -0.05) is 12.1 Å². The molecule has 0 unspecified atom stereocenters. The highest BCUT2D eigenvalue weighted by atomic mass is 16.3. The SMILES string of the molecule is C=CCc1ccc(O)cc1CCCC=O. The molecule has 0 amide bonds. The topological polar surface area (TPSA) is 37.3 Å². The first kappa shape index (κ1) is 11.5. The number of phenols is 1. The van der Waals surface area contributed by atoms with E-state index < -0.39 is 0 Å². The molecule has 1 aromatic carbocycles. The van der Waals surface area contributed by atoms with Crippen molar-refractivity contribution in [1.82, 2.24) is 0 Å². The second kappa shape index (κ2) is 6.02. The Bertz CT molecular complexity index is 342. The number of phenolic OH excluding ortho intramolecular Hbond substituents is 1. The van der Waals surface area contributed by atoms with E-state index in [4.69, 9.17) is 0 Å². The molecule has 0 bridgehead atoms. The van der Waals surface area contributed by atoms with Crippen molar-refractivity contribution >= 4 is 6.29 Å². The highest BCUT2D eigenvalue weighted by molar-refractivity contribution is 5.49. The molecule has 2 heteroatoms. The van der Waals surface area contributed by atoms with E-state index in [2.05, 4.69) is 6.58 Å². The van der Waals surface area contributed by atoms with E-state index in [0.29, 0.717) is 6.42 Å². The van der Waals surface area contributed by atoms with E-state index in [0.717, 1.165) is 31.1 Å². The van der Waals surface area contributed by atoms with Crippen LogP contribution in [0.25, 0.3) is 0 Å². The van der Waals surface area contributed by atoms with Crippen LogP contribution in [0.2, 0.25) is 0 Å². The van der Waals surface area contributed by atoms with Gasteiger partial charge in [0, 0.05) is 6.42 Å². The number of carbonyl (C=O) groups excluding carboxylic acids is 1. The Labute approximate surface area is 90.3 Å². The van der Waals surface area contributed by atoms with Gasteiger partial charge in [-0.25, -0.2) is 0 Å². The summed E-state index contributed by atoms with van der Waals surface area (Å²) in [5, 5.41) is 9.37. The first-order valence-electron chi connectivity index (χ1n) is 5.13. The van der Waals surface area contributed by atoms with Gasteiger partial charge in [-0.05, 0) is 42.5 Å². The Balaban J connectivity index is 2.76. The van der Waals surface area contributed by atoms with Gasteiger partial charge in [-0.2, -0.15) is 0 Å². The summed E-state index contributed by atoms with van der Waals surface area (Å²) in [5.41, 5.74) is 2.28. The number of rotatable bonds is 6. The summed E-state index contributed by atoms with van der Waals surface area (Å²) < 4.78 is 0. The van der Waals surface area contributed by atoms with Gasteiger partial charge in [-0.3, -0.25) is 0 Å². The van der Waals surface area contributed by atoms with Crippen LogP contribution < -0.4 is 0 Å². The molecule has 0 radical (unpaired) electrons. The van der Waals surface area contributed by atoms with Gasteiger partial charge in [0.2, 0.25) is 0 Å². The molecule has 0 aromatic heterocycles. The fourth-order valence-corrected chi connectivity index (χ4v) is 1.58. The van der Waals surface area contributed by atoms with Crippen LogP contribution in [0.5, 0.6) is 5.75 Å². The zero-order chi connectivity index (χ0) is 11.1. The normalized spacial score (nSPS) is 9.87. The van der Waals surface area contributed by atoms with Gasteiger partial charge in [0.05, 0.1) is 0 Å². The molecule has 0 atom stereocenters. The molecule has 1 N–H and O–H groups in total. The molecule has 1 aromatic rings. The maximum Gasteiger partial charge on any atom is 0.120 e. The smallest absolute Gasteiger partial charge is 0.120 e. The highest BCUT2D eigenvalue weighted by Gasteiger charge is 2.02. The molecule has 0 aliphatic rings. The fourth-order valence-electron chi connectivity index (χ4n) is 1.58. The van der Waals surface area contributed by atoms with Crippen molar-refractivity contribution in [2.24, 2.45) is 0 Å². The van der Waals surface area contributed by atoms with Crippen molar-refractivity contribution in [3.8, 4) is 5.75 Å². The summed E-state index contributed by atoms with van der Waals surface area (Å²) in [7, 11) is 0. The molecular weight excluding hydrogens is 188 g/mol. The van der Waals surface area contributed by atoms with Gasteiger partial charge in [0.15, 0.2) is 0 Å². The van der Waals surface area contributed by atoms with E-state index in [-0.39, 0.29) is 5.75 Å². The summed E-state index contributed by atoms with van der Waals surface area (Å²) in [6.45, 7) is 3.70. The number of hydrogen-bond donors (Lipinski definition) is 1. The molecule has 0 fully saturated rings. The lowest BCUT2D eigenvalue weighted by Gasteiger charge is -2.07. The quantitative estimate of drug-likeness (QED) is 0.439. The molecule has 0 aliphatic heterocycles. The maximum atomic E-state index is 10.2. The molecule has 0 aliphatic carbocycles. The van der Waals surface area contributed by atoms with Crippen LogP contribution >= 0.6 is 0 Å². The zero-order valence-electron chi connectivity index (χ0n) is 8.78. The Kier molecular flexibility index (Phi) is 4.61. The van der Waals surface area contributed by atoms with Crippen LogP contribution in [-0.2, 0) is 17.6 Å². The average Bonchev–Trinajstić information content (AvgIpc) is 2.22. The first-order valence-corrected chi connectivity index (χ1v) is 5.13. The summed E-state index contributed by atoms with van der Waals surface area (Å²) in [6.07, 6.45) is 5.80. The third-order valence-corrected chi connectivity index (χ3v) is 2.32. The van der Waals surface area contributed by atoms with E-state index in [1.165, 1.54) is 5.56 Å². The maximum absolute atomic E-state index is 10.2. The molecule has 15 heavy (non-hydrogen) atoms. The van der Waals surface area contributed by atoms with Gasteiger partial charge < -0.3 is 9.90 Å². The molecule has 1 rings (SSSR count). The predicted molar refractivity (Wildman–Crippen MR) is 61.0 cm³/mol. The van der Waals surface area contributed by atoms with E-state index >= 15 is 0 Å². The molecule has 2 nitrogen and oxygen atoms in total. The fraction of sp³-hybridized carbons (Fsp3) is 0.308. The minimum atomic E-state index is 0.281. The number of aromatic hydroxyl groups is 1. The minimum Gasteiger partial charge on any atom is -0.508 e. The first-order chi connectivity index (χ1) is 7.27. The highest BCUT2D eigenvalue weighted by Crippen LogP contribution is 2.19. The molecule has 0 heterocycles. The van der Waals surface area contributed by atoms with E-state index in [9.17, 15) is 9.90 Å². The molecule has 0 spiro atoms. The van der Waals surface area contributed by atoms with Gasteiger partial charge >= 0.3 is 0 Å². The van der Waals surface area contributed by atoms with E-state index in [1.54, 1.807) is 12.1 Å². The van der Waals surface area contributed by atoms with Crippen LogP contribution in [-0.4, -0.2) is 11.4 Å². The average molecular weight is 204 g/mol. The van der Waals surface area contributed by atoms with Gasteiger partial charge in [0.25, 0.3) is 0 Å². The number of allylic oxidation sites excluding steroid dienone is 1. The Hall–Kier alpha value is -1.57. The Morgan fingerprint density at radius 3 is 2.80 bits per heavy atom. The second-order valence-electron chi connectivity index (χ2n) is 3.50. The Morgan fingerprint density at radius 1 is 1.33 bits per heavy atom. The van der Waals surface area contributed by atoms with Crippen molar-refractivity contribution in [3.63, 3.8) is 0 Å². The molecule has 0 saturated heterocycles. The van der Waals surface area contributed by atoms with Crippen LogP contribution in [0.15, 0.2) is 30.9 Å². The van der Waals surface area contributed by atoms with Crippen molar-refractivity contribution in [2.45, 2.75) is 25.7 Å². The number of aryl methyl sites for hydroxylation is 1. The number of carbonyl (C=O) groups is 1. The lowest BCUT2D eigenvalue weighted by atomic mass is 9.99. The standard InChI is InChI=1S/C13H16O2/c1-2-5-11-7-8-13(15)10-12(11)6-3-4-9-14/h2,7-10,15H,1,3-6H2. The van der Waals surface area contributed by atoms with E-state index in [1.807, 2.05) is 12.1 Å². The van der Waals surface area contributed by atoms with Crippen molar-refractivity contribution in [2.75, 3.05) is 0 Å². The molecule has 0 saturated carbocycles. The zero-order valence-corrected chi connectivity index (χ0v) is 8.78. The van der Waals surface area contributed by atoms with Crippen LogP contribution in [0.4, 0.5) is 0 Å². The minimum absolute atomic E-state index is 0.281. The summed E-state index contributed by atoms with van der Waals surface area (Å²) in [5.74, 6) is 0.281. The summed E-state index contributed by atoms with van der Waals surface area (Å²) in [6, 6.07) is 5.36. The van der Waals surface area contributed by atoms with Crippen LogP contribution in [0, 0.1) is 0 Å². The van der Waals surface area contributed by atoms with Crippen molar-refractivity contribution < 1.29 is 9.90 Å². The molecule has 80 valence electrons. The third-order valence-electron chi connectivity index (χ3n) is 2.32. The lowest BCUT2D eigenvalue weighted by Crippen LogP contribution is -1.93. The Morgan fingerprint density at radius 2 is 2.13 bits per heavy atom. The van der Waals surface area contributed by atoms with Crippen LogP contribution in [0.3, 0.4) is 0 Å². The predicted octanol–water partition coefficient (Wildman–Crippen LogP) is 2.64. The summed E-state index contributed by atoms with van der Waals surface area (Å²) >= 11 is 0. The van der Waals surface area contributed by atoms with Crippen molar-refractivity contribution in [3.05, 3.63) is 42.0 Å². The monoisotopic (exact) mass is 204 g/mol. The molecular formula is C13H16O2. The number of aldehydes is 1. The lowest BCUT2D eigenvalue weighted by molar-refractivity contribution is -0.107. The summed E-state index contributed by atoms with van der Waals surface area (Å²) in [4.78, 5) is 10.2. The van der Waals surface area contributed by atoms with Gasteiger partial charge in [0.1, 0.15) is 12.0 Å². The second-order valence-corrected chi connectivity index (χ2v) is 3.50. The van der Waals surface area contributed by atoms with Crippen molar-refractivity contribution in [1.29, 1.82) is 0 Å². The largest absolute Gasteiger partial charge is 0.508 e. The number of benzene rings is 1. The number of unbranched alkanes of at least 4 members (excludes halogenated alkanes) is 1. The van der Waals surface area contributed by atoms with Crippen LogP contribution in [0.1, 0.15) is 24.0 Å². The third kappa shape index (κ3) is 3.58. The number of hydrogen-bond acceptors (Lipinski definition) is 2. The van der Waals surface area contributed by atoms with Gasteiger partial charge in [-0.15, -0.1) is 6.58 Å².